The second-order valence-corrected chi connectivity index (χ2v) is 4.99. The van der Waals surface area contributed by atoms with Gasteiger partial charge in [0.25, 0.3) is 0 Å². The number of halogens is 3. The molecule has 0 aliphatic rings. The SMILES string of the molecule is Fc1ccc(NCCSc2cc(F)ccc2F)cc1. The fraction of sp³-hybridized carbons (Fsp3) is 0.143. The minimum atomic E-state index is -0.449. The van der Waals surface area contributed by atoms with E-state index >= 15 is 0 Å². The first-order valence-corrected chi connectivity index (χ1v) is 6.71. The summed E-state index contributed by atoms with van der Waals surface area (Å²) >= 11 is 1.23. The number of nitrogens with one attached hydrogen (secondary N) is 1. The molecule has 19 heavy (non-hydrogen) atoms. The first kappa shape index (κ1) is 13.8. The van der Waals surface area contributed by atoms with Crippen LogP contribution in [0.4, 0.5) is 18.9 Å². The molecule has 0 radical (unpaired) electrons. The molecule has 0 saturated heterocycles. The molecule has 0 fully saturated rings. The molecule has 5 heteroatoms. The van der Waals surface area contributed by atoms with Gasteiger partial charge < -0.3 is 5.32 Å². The third-order valence-corrected chi connectivity index (χ3v) is 3.46. The van der Waals surface area contributed by atoms with Gasteiger partial charge in [-0.25, -0.2) is 13.2 Å². The minimum absolute atomic E-state index is 0.290. The summed E-state index contributed by atoms with van der Waals surface area (Å²) in [5.74, 6) is -0.581. The summed E-state index contributed by atoms with van der Waals surface area (Å²) in [6, 6.07) is 9.37. The number of benzene rings is 2. The molecule has 0 saturated carbocycles. The Hall–Kier alpha value is -1.62. The van der Waals surface area contributed by atoms with Gasteiger partial charge in [0, 0.05) is 22.9 Å². The summed E-state index contributed by atoms with van der Waals surface area (Å²) in [7, 11) is 0. The molecule has 100 valence electrons. The molecular formula is C14H12F3NS. The number of hydrogen-bond donors (Lipinski definition) is 1. The summed E-state index contributed by atoms with van der Waals surface area (Å²) in [6.07, 6.45) is 0. The fourth-order valence-corrected chi connectivity index (χ4v) is 2.34. The highest BCUT2D eigenvalue weighted by Crippen LogP contribution is 2.22. The molecule has 0 aromatic heterocycles. The van der Waals surface area contributed by atoms with Crippen LogP contribution in [-0.4, -0.2) is 12.3 Å². The molecule has 1 N–H and O–H groups in total. The number of anilines is 1. The van der Waals surface area contributed by atoms with Gasteiger partial charge in [-0.2, -0.15) is 0 Å². The molecule has 0 amide bonds. The standard InChI is InChI=1S/C14H12F3NS/c15-10-1-4-12(5-2-10)18-7-8-19-14-9-11(16)3-6-13(14)17/h1-6,9,18H,7-8H2. The second kappa shape index (κ2) is 6.52. The molecule has 0 spiro atoms. The Morgan fingerprint density at radius 3 is 2.32 bits per heavy atom. The van der Waals surface area contributed by atoms with E-state index in [1.54, 1.807) is 12.1 Å². The van der Waals surface area contributed by atoms with Crippen molar-refractivity contribution in [3.05, 3.63) is 59.9 Å². The van der Waals surface area contributed by atoms with E-state index in [1.807, 2.05) is 0 Å². The van der Waals surface area contributed by atoms with Crippen LogP contribution in [0.25, 0.3) is 0 Å². The predicted octanol–water partition coefficient (Wildman–Crippen LogP) is 4.31. The smallest absolute Gasteiger partial charge is 0.136 e. The van der Waals surface area contributed by atoms with Gasteiger partial charge in [0.05, 0.1) is 0 Å². The molecule has 0 unspecified atom stereocenters. The zero-order valence-corrected chi connectivity index (χ0v) is 10.8. The predicted molar refractivity (Wildman–Crippen MR) is 72.0 cm³/mol. The summed E-state index contributed by atoms with van der Waals surface area (Å²) in [6.45, 7) is 0.576. The van der Waals surface area contributed by atoms with E-state index in [9.17, 15) is 13.2 Å². The van der Waals surface area contributed by atoms with Crippen LogP contribution in [0, 0.1) is 17.5 Å². The monoisotopic (exact) mass is 283 g/mol. The normalized spacial score (nSPS) is 10.5. The molecule has 0 atom stereocenters. The Morgan fingerprint density at radius 2 is 1.58 bits per heavy atom. The van der Waals surface area contributed by atoms with Crippen LogP contribution >= 0.6 is 11.8 Å². The average Bonchev–Trinajstić information content (AvgIpc) is 2.40. The molecule has 0 aliphatic carbocycles. The van der Waals surface area contributed by atoms with Crippen molar-refractivity contribution in [2.45, 2.75) is 4.90 Å². The van der Waals surface area contributed by atoms with Gasteiger partial charge in [-0.1, -0.05) is 0 Å². The van der Waals surface area contributed by atoms with E-state index in [1.165, 1.54) is 30.0 Å². The Morgan fingerprint density at radius 1 is 0.895 bits per heavy atom. The van der Waals surface area contributed by atoms with Crippen LogP contribution in [0.1, 0.15) is 0 Å². The summed E-state index contributed by atoms with van der Waals surface area (Å²) in [5, 5.41) is 3.07. The largest absolute Gasteiger partial charge is 0.384 e. The van der Waals surface area contributed by atoms with Gasteiger partial charge in [0.1, 0.15) is 17.5 Å². The Kier molecular flexibility index (Phi) is 4.74. The van der Waals surface area contributed by atoms with Gasteiger partial charge >= 0.3 is 0 Å². The molecule has 2 aromatic carbocycles. The van der Waals surface area contributed by atoms with Crippen molar-refractivity contribution in [2.24, 2.45) is 0 Å². The highest BCUT2D eigenvalue weighted by Gasteiger charge is 2.04. The second-order valence-electron chi connectivity index (χ2n) is 3.86. The topological polar surface area (TPSA) is 12.0 Å². The lowest BCUT2D eigenvalue weighted by atomic mass is 10.3. The Balaban J connectivity index is 1.80. The molecule has 0 bridgehead atoms. The molecule has 2 aromatic rings. The number of rotatable bonds is 5. The highest BCUT2D eigenvalue weighted by molar-refractivity contribution is 7.99. The van der Waals surface area contributed by atoms with Crippen molar-refractivity contribution >= 4 is 17.4 Å². The van der Waals surface area contributed by atoms with Crippen LogP contribution in [0.15, 0.2) is 47.4 Å². The zero-order chi connectivity index (χ0) is 13.7. The molecule has 1 nitrogen and oxygen atoms in total. The van der Waals surface area contributed by atoms with Crippen molar-refractivity contribution in [2.75, 3.05) is 17.6 Å². The van der Waals surface area contributed by atoms with Gasteiger partial charge in [0.15, 0.2) is 0 Å². The lowest BCUT2D eigenvalue weighted by molar-refractivity contribution is 0.577. The number of hydrogen-bond acceptors (Lipinski definition) is 2. The summed E-state index contributed by atoms with van der Waals surface area (Å²) in [5.41, 5.74) is 0.793. The van der Waals surface area contributed by atoms with E-state index in [0.29, 0.717) is 17.2 Å². The van der Waals surface area contributed by atoms with Gasteiger partial charge in [-0.05, 0) is 42.5 Å². The van der Waals surface area contributed by atoms with E-state index in [-0.39, 0.29) is 5.82 Å². The maximum absolute atomic E-state index is 13.3. The van der Waals surface area contributed by atoms with E-state index in [0.717, 1.165) is 17.8 Å². The van der Waals surface area contributed by atoms with E-state index in [2.05, 4.69) is 5.32 Å². The third-order valence-electron chi connectivity index (χ3n) is 2.43. The van der Waals surface area contributed by atoms with Gasteiger partial charge in [-0.3, -0.25) is 0 Å². The van der Waals surface area contributed by atoms with Gasteiger partial charge in [-0.15, -0.1) is 11.8 Å². The van der Waals surface area contributed by atoms with Crippen LogP contribution < -0.4 is 5.32 Å². The average molecular weight is 283 g/mol. The van der Waals surface area contributed by atoms with E-state index in [4.69, 9.17) is 0 Å². The van der Waals surface area contributed by atoms with Gasteiger partial charge in [0.2, 0.25) is 0 Å². The maximum atomic E-state index is 13.3. The molecular weight excluding hydrogens is 271 g/mol. The zero-order valence-electron chi connectivity index (χ0n) is 10.00. The van der Waals surface area contributed by atoms with Crippen LogP contribution in [0.2, 0.25) is 0 Å². The first-order chi connectivity index (χ1) is 9.15. The lowest BCUT2D eigenvalue weighted by Crippen LogP contribution is -2.04. The van der Waals surface area contributed by atoms with Crippen molar-refractivity contribution in [1.29, 1.82) is 0 Å². The summed E-state index contributed by atoms with van der Waals surface area (Å²) in [4.78, 5) is 0.293. The quantitative estimate of drug-likeness (QED) is 0.648. The van der Waals surface area contributed by atoms with Crippen molar-refractivity contribution in [3.8, 4) is 0 Å². The highest BCUT2D eigenvalue weighted by atomic mass is 32.2. The maximum Gasteiger partial charge on any atom is 0.136 e. The Labute approximate surface area is 113 Å². The summed E-state index contributed by atoms with van der Waals surface area (Å²) < 4.78 is 38.9. The molecule has 0 aliphatic heterocycles. The minimum Gasteiger partial charge on any atom is -0.384 e. The van der Waals surface area contributed by atoms with Crippen molar-refractivity contribution < 1.29 is 13.2 Å². The lowest BCUT2D eigenvalue weighted by Gasteiger charge is -2.06. The first-order valence-electron chi connectivity index (χ1n) is 5.72. The van der Waals surface area contributed by atoms with Crippen molar-refractivity contribution in [1.82, 2.24) is 0 Å². The third kappa shape index (κ3) is 4.21. The van der Waals surface area contributed by atoms with Crippen LogP contribution in [0.5, 0.6) is 0 Å². The molecule has 0 heterocycles. The van der Waals surface area contributed by atoms with Crippen LogP contribution in [-0.2, 0) is 0 Å². The molecule has 2 rings (SSSR count). The van der Waals surface area contributed by atoms with Crippen molar-refractivity contribution in [3.63, 3.8) is 0 Å². The number of thioether (sulfide) groups is 1. The van der Waals surface area contributed by atoms with E-state index < -0.39 is 11.6 Å². The fourth-order valence-electron chi connectivity index (χ4n) is 1.51. The Bertz CT molecular complexity index is 543. The van der Waals surface area contributed by atoms with Crippen LogP contribution in [0.3, 0.4) is 0 Å².